The van der Waals surface area contributed by atoms with Crippen LogP contribution in [0, 0.1) is 18.2 Å². The summed E-state index contributed by atoms with van der Waals surface area (Å²) in [6.07, 6.45) is 0. The lowest BCUT2D eigenvalue weighted by atomic mass is 10.2. The second-order valence-corrected chi connectivity index (χ2v) is 2.90. The van der Waals surface area contributed by atoms with E-state index >= 15 is 0 Å². The van der Waals surface area contributed by atoms with Crippen LogP contribution in [0.3, 0.4) is 0 Å². The van der Waals surface area contributed by atoms with Crippen LogP contribution in [-0.2, 0) is 0 Å². The lowest BCUT2D eigenvalue weighted by molar-refractivity contribution is 0.627. The van der Waals surface area contributed by atoms with Crippen molar-refractivity contribution in [2.75, 3.05) is 11.9 Å². The summed E-state index contributed by atoms with van der Waals surface area (Å²) in [6.45, 7) is 1.81. The normalized spacial score (nSPS) is 9.77. The predicted octanol–water partition coefficient (Wildman–Crippen LogP) is 1.46. The number of aryl methyl sites for hydroxylation is 1. The Morgan fingerprint density at radius 3 is 2.62 bits per heavy atom. The SMILES string of the molecule is Cc1ccc(N(C)C(=N)N)c(F)c1. The second kappa shape index (κ2) is 3.43. The van der Waals surface area contributed by atoms with Crippen LogP contribution < -0.4 is 10.6 Å². The van der Waals surface area contributed by atoms with Gasteiger partial charge in [0.25, 0.3) is 0 Å². The largest absolute Gasteiger partial charge is 0.370 e. The molecule has 1 aromatic rings. The maximum Gasteiger partial charge on any atom is 0.192 e. The topological polar surface area (TPSA) is 53.1 Å². The number of rotatable bonds is 1. The molecule has 0 radical (unpaired) electrons. The minimum absolute atomic E-state index is 0.178. The highest BCUT2D eigenvalue weighted by Crippen LogP contribution is 2.18. The summed E-state index contributed by atoms with van der Waals surface area (Å²) < 4.78 is 13.3. The zero-order chi connectivity index (χ0) is 10.0. The molecular weight excluding hydrogens is 169 g/mol. The van der Waals surface area contributed by atoms with E-state index in [-0.39, 0.29) is 11.8 Å². The van der Waals surface area contributed by atoms with Gasteiger partial charge in [0.1, 0.15) is 5.82 Å². The molecule has 0 aliphatic heterocycles. The van der Waals surface area contributed by atoms with Crippen molar-refractivity contribution < 1.29 is 4.39 Å². The highest BCUT2D eigenvalue weighted by Gasteiger charge is 2.08. The Bertz CT molecular complexity index is 336. The van der Waals surface area contributed by atoms with Gasteiger partial charge in [0.05, 0.1) is 5.69 Å². The zero-order valence-corrected chi connectivity index (χ0v) is 7.63. The molecule has 3 nitrogen and oxygen atoms in total. The Hall–Kier alpha value is -1.58. The number of nitrogens with two attached hydrogens (primary N) is 1. The fraction of sp³-hybridized carbons (Fsp3) is 0.222. The van der Waals surface area contributed by atoms with Crippen molar-refractivity contribution in [1.82, 2.24) is 0 Å². The third kappa shape index (κ3) is 1.96. The Balaban J connectivity index is 3.08. The Kier molecular flexibility index (Phi) is 2.51. The van der Waals surface area contributed by atoms with E-state index in [0.29, 0.717) is 5.69 Å². The molecule has 0 saturated heterocycles. The molecule has 0 aromatic heterocycles. The van der Waals surface area contributed by atoms with E-state index in [2.05, 4.69) is 0 Å². The van der Waals surface area contributed by atoms with E-state index in [0.717, 1.165) is 5.56 Å². The molecule has 70 valence electrons. The number of nitrogens with zero attached hydrogens (tertiary/aromatic N) is 1. The summed E-state index contributed by atoms with van der Waals surface area (Å²) >= 11 is 0. The summed E-state index contributed by atoms with van der Waals surface area (Å²) in [4.78, 5) is 1.29. The second-order valence-electron chi connectivity index (χ2n) is 2.90. The molecule has 1 aromatic carbocycles. The Morgan fingerprint density at radius 1 is 1.54 bits per heavy atom. The van der Waals surface area contributed by atoms with Gasteiger partial charge in [-0.2, -0.15) is 0 Å². The molecule has 1 rings (SSSR count). The van der Waals surface area contributed by atoms with E-state index in [9.17, 15) is 4.39 Å². The number of guanidine groups is 1. The number of hydrogen-bond donors (Lipinski definition) is 2. The molecule has 0 bridgehead atoms. The Labute approximate surface area is 76.5 Å². The summed E-state index contributed by atoms with van der Waals surface area (Å²) in [5.74, 6) is -0.541. The summed E-state index contributed by atoms with van der Waals surface area (Å²) in [5, 5.41) is 7.13. The van der Waals surface area contributed by atoms with Gasteiger partial charge in [-0.15, -0.1) is 0 Å². The van der Waals surface area contributed by atoms with E-state index in [1.54, 1.807) is 26.1 Å². The van der Waals surface area contributed by atoms with Gasteiger partial charge >= 0.3 is 0 Å². The molecule has 3 N–H and O–H groups in total. The minimum atomic E-state index is -0.363. The van der Waals surface area contributed by atoms with Gasteiger partial charge in [0, 0.05) is 7.05 Å². The summed E-state index contributed by atoms with van der Waals surface area (Å²) in [5.41, 5.74) is 6.38. The molecule has 4 heteroatoms. The van der Waals surface area contributed by atoms with Gasteiger partial charge in [-0.1, -0.05) is 6.07 Å². The first-order chi connectivity index (χ1) is 6.02. The lowest BCUT2D eigenvalue weighted by Gasteiger charge is -2.17. The number of nitrogens with one attached hydrogen (secondary N) is 1. The van der Waals surface area contributed by atoms with Crippen molar-refractivity contribution in [2.45, 2.75) is 6.92 Å². The molecule has 0 aliphatic rings. The molecule has 0 heterocycles. The predicted molar refractivity (Wildman–Crippen MR) is 51.5 cm³/mol. The number of anilines is 1. The standard InChI is InChI=1S/C9H12FN3/c1-6-3-4-8(7(10)5-6)13(2)9(11)12/h3-5H,1-2H3,(H3,11,12). The molecular formula is C9H12FN3. The number of hydrogen-bond acceptors (Lipinski definition) is 1. The zero-order valence-electron chi connectivity index (χ0n) is 7.63. The van der Waals surface area contributed by atoms with E-state index in [4.69, 9.17) is 11.1 Å². The van der Waals surface area contributed by atoms with Gasteiger partial charge in [-0.3, -0.25) is 5.41 Å². The van der Waals surface area contributed by atoms with E-state index < -0.39 is 0 Å². The van der Waals surface area contributed by atoms with Crippen molar-refractivity contribution in [3.05, 3.63) is 29.6 Å². The molecule has 0 unspecified atom stereocenters. The van der Waals surface area contributed by atoms with Gasteiger partial charge < -0.3 is 10.6 Å². The average molecular weight is 181 g/mol. The highest BCUT2D eigenvalue weighted by atomic mass is 19.1. The molecule has 0 atom stereocenters. The van der Waals surface area contributed by atoms with Crippen molar-refractivity contribution in [2.24, 2.45) is 5.73 Å². The molecule has 0 amide bonds. The van der Waals surface area contributed by atoms with Crippen molar-refractivity contribution >= 4 is 11.6 Å². The molecule has 0 spiro atoms. The maximum absolute atomic E-state index is 13.3. The van der Waals surface area contributed by atoms with Crippen LogP contribution in [0.2, 0.25) is 0 Å². The first-order valence-electron chi connectivity index (χ1n) is 3.86. The average Bonchev–Trinajstić information content (AvgIpc) is 2.03. The van der Waals surface area contributed by atoms with Crippen LogP contribution in [0.25, 0.3) is 0 Å². The van der Waals surface area contributed by atoms with Gasteiger partial charge in [0.2, 0.25) is 0 Å². The highest BCUT2D eigenvalue weighted by molar-refractivity contribution is 5.91. The molecule has 0 aliphatic carbocycles. The van der Waals surface area contributed by atoms with Crippen LogP contribution in [0.1, 0.15) is 5.56 Å². The quantitative estimate of drug-likeness (QED) is 0.509. The van der Waals surface area contributed by atoms with Gasteiger partial charge in [-0.05, 0) is 24.6 Å². The first kappa shape index (κ1) is 9.51. The first-order valence-corrected chi connectivity index (χ1v) is 3.86. The molecule has 0 fully saturated rings. The van der Waals surface area contributed by atoms with Crippen LogP contribution in [0.15, 0.2) is 18.2 Å². The number of halogens is 1. The van der Waals surface area contributed by atoms with Crippen LogP contribution in [0.4, 0.5) is 10.1 Å². The lowest BCUT2D eigenvalue weighted by Crippen LogP contribution is -2.33. The number of benzene rings is 1. The smallest absolute Gasteiger partial charge is 0.192 e. The van der Waals surface area contributed by atoms with Gasteiger partial charge in [0.15, 0.2) is 5.96 Å². The summed E-state index contributed by atoms with van der Waals surface area (Å²) in [6, 6.07) is 4.79. The fourth-order valence-electron chi connectivity index (χ4n) is 1.01. The van der Waals surface area contributed by atoms with Crippen LogP contribution in [0.5, 0.6) is 0 Å². The van der Waals surface area contributed by atoms with E-state index in [1.807, 2.05) is 0 Å². The fourth-order valence-corrected chi connectivity index (χ4v) is 1.01. The third-order valence-corrected chi connectivity index (χ3v) is 1.83. The Morgan fingerprint density at radius 2 is 2.15 bits per heavy atom. The van der Waals surface area contributed by atoms with E-state index in [1.165, 1.54) is 11.0 Å². The van der Waals surface area contributed by atoms with Crippen molar-refractivity contribution in [3.8, 4) is 0 Å². The van der Waals surface area contributed by atoms with Gasteiger partial charge in [-0.25, -0.2) is 4.39 Å². The minimum Gasteiger partial charge on any atom is -0.370 e. The van der Waals surface area contributed by atoms with Crippen molar-refractivity contribution in [1.29, 1.82) is 5.41 Å². The van der Waals surface area contributed by atoms with Crippen molar-refractivity contribution in [3.63, 3.8) is 0 Å². The molecule has 0 saturated carbocycles. The van der Waals surface area contributed by atoms with Crippen LogP contribution >= 0.6 is 0 Å². The molecule has 13 heavy (non-hydrogen) atoms. The monoisotopic (exact) mass is 181 g/mol. The van der Waals surface area contributed by atoms with Crippen LogP contribution in [-0.4, -0.2) is 13.0 Å². The maximum atomic E-state index is 13.3. The summed E-state index contributed by atoms with van der Waals surface area (Å²) in [7, 11) is 1.55. The third-order valence-electron chi connectivity index (χ3n) is 1.83.